The number of aliphatic hydroxyl groups is 1. The van der Waals surface area contributed by atoms with Crippen molar-refractivity contribution in [2.45, 2.75) is 110 Å². The predicted octanol–water partition coefficient (Wildman–Crippen LogP) is 5.93. The molecule has 1 unspecified atom stereocenters. The van der Waals surface area contributed by atoms with Crippen LogP contribution in [0.1, 0.15) is 91.2 Å². The molecule has 45 heavy (non-hydrogen) atoms. The minimum Gasteiger partial charge on any atom is -0.497 e. The van der Waals surface area contributed by atoms with E-state index in [2.05, 4.69) is 5.32 Å². The topological polar surface area (TPSA) is 120 Å². The molecule has 0 heterocycles. The fourth-order valence-electron chi connectivity index (χ4n) is 5.62. The van der Waals surface area contributed by atoms with Crippen LogP contribution in [0.4, 0.5) is 0 Å². The summed E-state index contributed by atoms with van der Waals surface area (Å²) in [5, 5.41) is 12.3. The third-order valence-corrected chi connectivity index (χ3v) is 7.86. The van der Waals surface area contributed by atoms with Crippen molar-refractivity contribution >= 4 is 17.8 Å². The molecule has 1 amide bonds. The lowest BCUT2D eigenvalue weighted by Gasteiger charge is -2.34. The van der Waals surface area contributed by atoms with Gasteiger partial charge < -0.3 is 29.4 Å². The van der Waals surface area contributed by atoms with Crippen LogP contribution in [-0.4, -0.2) is 53.9 Å². The number of rotatable bonds is 14. The standard InChI is InChI=1S/C36H51NO8/c1-34(2,3)44-31(39)27(18-21-43-29-16-12-26(24-38)13-17-29)23-36(19-8-9-20-36)33(41)37-30(32(40)45-35(4,5)6)22-25-10-14-28(42-7)15-11-25/h10-17,27,30,38H,8-9,18-24H2,1-7H3,(H,37,41)/t27?,30-/m0/s1. The summed E-state index contributed by atoms with van der Waals surface area (Å²) in [6.07, 6.45) is 3.78. The van der Waals surface area contributed by atoms with Crippen molar-refractivity contribution in [1.29, 1.82) is 0 Å². The molecule has 0 spiro atoms. The molecule has 0 saturated heterocycles. The smallest absolute Gasteiger partial charge is 0.329 e. The van der Waals surface area contributed by atoms with Gasteiger partial charge in [-0.05, 0) is 103 Å². The maximum atomic E-state index is 14.2. The van der Waals surface area contributed by atoms with E-state index in [4.69, 9.17) is 18.9 Å². The van der Waals surface area contributed by atoms with E-state index in [1.807, 2.05) is 45.0 Å². The molecule has 0 aromatic heterocycles. The summed E-state index contributed by atoms with van der Waals surface area (Å²) < 4.78 is 22.7. The summed E-state index contributed by atoms with van der Waals surface area (Å²) in [5.41, 5.74) is -0.639. The van der Waals surface area contributed by atoms with Gasteiger partial charge in [-0.1, -0.05) is 37.1 Å². The van der Waals surface area contributed by atoms with Crippen molar-refractivity contribution in [3.8, 4) is 11.5 Å². The van der Waals surface area contributed by atoms with Crippen molar-refractivity contribution in [1.82, 2.24) is 5.32 Å². The molecule has 0 radical (unpaired) electrons. The fraction of sp³-hybridized carbons (Fsp3) is 0.583. The number of hydrogen-bond donors (Lipinski definition) is 2. The summed E-state index contributed by atoms with van der Waals surface area (Å²) >= 11 is 0. The molecule has 2 aromatic rings. The molecule has 9 heteroatoms. The number of methoxy groups -OCH3 is 1. The summed E-state index contributed by atoms with van der Waals surface area (Å²) in [6, 6.07) is 13.6. The van der Waals surface area contributed by atoms with Crippen LogP contribution in [0.5, 0.6) is 11.5 Å². The number of nitrogens with one attached hydrogen (secondary N) is 1. The Kier molecular flexibility index (Phi) is 12.4. The van der Waals surface area contributed by atoms with Gasteiger partial charge in [0.25, 0.3) is 0 Å². The Morgan fingerprint density at radius 3 is 1.89 bits per heavy atom. The van der Waals surface area contributed by atoms with Gasteiger partial charge in [0.1, 0.15) is 28.7 Å². The zero-order valence-electron chi connectivity index (χ0n) is 27.9. The molecule has 2 N–H and O–H groups in total. The lowest BCUT2D eigenvalue weighted by atomic mass is 9.75. The van der Waals surface area contributed by atoms with E-state index in [1.54, 1.807) is 52.1 Å². The summed E-state index contributed by atoms with van der Waals surface area (Å²) in [4.78, 5) is 41.1. The van der Waals surface area contributed by atoms with Gasteiger partial charge in [0.05, 0.1) is 31.7 Å². The Hall–Kier alpha value is -3.59. The highest BCUT2D eigenvalue weighted by atomic mass is 16.6. The van der Waals surface area contributed by atoms with E-state index in [9.17, 15) is 19.5 Å². The molecule has 248 valence electrons. The van der Waals surface area contributed by atoms with Gasteiger partial charge in [-0.15, -0.1) is 0 Å². The second kappa shape index (κ2) is 15.6. The number of ether oxygens (including phenoxy) is 4. The molecule has 0 aliphatic heterocycles. The Morgan fingerprint density at radius 1 is 0.822 bits per heavy atom. The molecular formula is C36H51NO8. The van der Waals surface area contributed by atoms with Gasteiger partial charge in [0.2, 0.25) is 5.91 Å². The second-order valence-electron chi connectivity index (χ2n) is 14.0. The molecule has 1 fully saturated rings. The molecule has 1 aliphatic carbocycles. The minimum atomic E-state index is -0.909. The van der Waals surface area contributed by atoms with Crippen molar-refractivity contribution in [3.05, 3.63) is 59.7 Å². The minimum absolute atomic E-state index is 0.0555. The Bertz CT molecular complexity index is 1250. The van der Waals surface area contributed by atoms with E-state index in [0.717, 1.165) is 24.0 Å². The third kappa shape index (κ3) is 11.4. The number of aliphatic hydroxyl groups excluding tert-OH is 1. The van der Waals surface area contributed by atoms with Crippen LogP contribution in [0, 0.1) is 11.3 Å². The highest BCUT2D eigenvalue weighted by Crippen LogP contribution is 2.45. The van der Waals surface area contributed by atoms with Gasteiger partial charge in [-0.3, -0.25) is 9.59 Å². The van der Waals surface area contributed by atoms with Crippen LogP contribution in [0.2, 0.25) is 0 Å². The van der Waals surface area contributed by atoms with Gasteiger partial charge in [0, 0.05) is 6.42 Å². The molecule has 2 atom stereocenters. The largest absolute Gasteiger partial charge is 0.497 e. The molecule has 3 rings (SSSR count). The van der Waals surface area contributed by atoms with Crippen LogP contribution in [0.25, 0.3) is 0 Å². The predicted molar refractivity (Wildman–Crippen MR) is 172 cm³/mol. The first-order valence-electron chi connectivity index (χ1n) is 15.9. The van der Waals surface area contributed by atoms with Gasteiger partial charge in [-0.2, -0.15) is 0 Å². The molecule has 2 aromatic carbocycles. The average Bonchev–Trinajstić information content (AvgIpc) is 3.45. The van der Waals surface area contributed by atoms with Crippen LogP contribution in [0.3, 0.4) is 0 Å². The van der Waals surface area contributed by atoms with Gasteiger partial charge in [-0.25, -0.2) is 4.79 Å². The van der Waals surface area contributed by atoms with Gasteiger partial charge >= 0.3 is 11.9 Å². The van der Waals surface area contributed by atoms with Crippen molar-refractivity contribution in [2.75, 3.05) is 13.7 Å². The Labute approximate surface area is 268 Å². The van der Waals surface area contributed by atoms with Crippen molar-refractivity contribution in [3.63, 3.8) is 0 Å². The summed E-state index contributed by atoms with van der Waals surface area (Å²) in [7, 11) is 1.59. The number of benzene rings is 2. The van der Waals surface area contributed by atoms with Crippen LogP contribution in [0.15, 0.2) is 48.5 Å². The fourth-order valence-corrected chi connectivity index (χ4v) is 5.62. The van der Waals surface area contributed by atoms with E-state index in [0.29, 0.717) is 30.8 Å². The number of carbonyl (C=O) groups excluding carboxylic acids is 3. The zero-order valence-corrected chi connectivity index (χ0v) is 27.9. The summed E-state index contributed by atoms with van der Waals surface area (Å²) in [6.45, 7) is 11.0. The van der Waals surface area contributed by atoms with Gasteiger partial charge in [0.15, 0.2) is 0 Å². The molecular weight excluding hydrogens is 574 g/mol. The first-order chi connectivity index (χ1) is 21.1. The molecule has 0 bridgehead atoms. The zero-order chi connectivity index (χ0) is 33.3. The number of hydrogen-bond acceptors (Lipinski definition) is 8. The molecule has 9 nitrogen and oxygen atoms in total. The van der Waals surface area contributed by atoms with Crippen LogP contribution < -0.4 is 14.8 Å². The Balaban J connectivity index is 1.82. The summed E-state index contributed by atoms with van der Waals surface area (Å²) in [5.74, 6) is -0.403. The highest BCUT2D eigenvalue weighted by molar-refractivity contribution is 5.89. The third-order valence-electron chi connectivity index (χ3n) is 7.86. The lowest BCUT2D eigenvalue weighted by molar-refractivity contribution is -0.163. The monoisotopic (exact) mass is 625 g/mol. The first kappa shape index (κ1) is 35.9. The number of amides is 1. The van der Waals surface area contributed by atoms with Crippen molar-refractivity contribution in [2.24, 2.45) is 11.3 Å². The number of esters is 2. The Morgan fingerprint density at radius 2 is 1.36 bits per heavy atom. The number of carbonyl (C=O) groups is 3. The molecule has 1 aliphatic rings. The normalized spacial score (nSPS) is 15.9. The van der Waals surface area contributed by atoms with E-state index in [1.165, 1.54) is 0 Å². The molecule has 1 saturated carbocycles. The van der Waals surface area contributed by atoms with Crippen LogP contribution in [-0.2, 0) is 36.9 Å². The van der Waals surface area contributed by atoms with E-state index in [-0.39, 0.29) is 37.9 Å². The van der Waals surface area contributed by atoms with E-state index < -0.39 is 34.5 Å². The van der Waals surface area contributed by atoms with E-state index >= 15 is 0 Å². The first-order valence-corrected chi connectivity index (χ1v) is 15.9. The SMILES string of the molecule is COc1ccc(C[C@H](NC(=O)C2(CC(CCOc3ccc(CO)cc3)C(=O)OC(C)(C)C)CCCC2)C(=O)OC(C)(C)C)cc1. The van der Waals surface area contributed by atoms with Crippen LogP contribution >= 0.6 is 0 Å². The highest BCUT2D eigenvalue weighted by Gasteiger charge is 2.46. The maximum absolute atomic E-state index is 14.2. The lowest BCUT2D eigenvalue weighted by Crippen LogP contribution is -2.51. The second-order valence-corrected chi connectivity index (χ2v) is 14.0. The maximum Gasteiger partial charge on any atom is 0.329 e. The van der Waals surface area contributed by atoms with Crippen molar-refractivity contribution < 1.29 is 38.4 Å². The average molecular weight is 626 g/mol. The quantitative estimate of drug-likeness (QED) is 0.248.